The molecule has 0 bridgehead atoms. The zero-order valence-corrected chi connectivity index (χ0v) is 16.8. The van der Waals surface area contributed by atoms with Crippen molar-refractivity contribution in [1.29, 1.82) is 0 Å². The molecular formula is C16H32IN5O. The molecule has 0 unspecified atom stereocenters. The summed E-state index contributed by atoms with van der Waals surface area (Å²) in [6.45, 7) is 9.40. The van der Waals surface area contributed by atoms with Crippen LogP contribution in [0.15, 0.2) is 23.5 Å². The maximum Gasteiger partial charge on any atom is 0.191 e. The number of rotatable bonds is 12. The number of aliphatic imine (C=N–C) groups is 1. The van der Waals surface area contributed by atoms with Crippen molar-refractivity contribution in [2.24, 2.45) is 4.99 Å². The molecule has 0 aliphatic carbocycles. The molecule has 1 aromatic heterocycles. The van der Waals surface area contributed by atoms with Crippen molar-refractivity contribution in [3.8, 4) is 0 Å². The Labute approximate surface area is 157 Å². The summed E-state index contributed by atoms with van der Waals surface area (Å²) in [4.78, 5) is 4.57. The van der Waals surface area contributed by atoms with E-state index in [1.54, 1.807) is 6.20 Å². The van der Waals surface area contributed by atoms with Crippen LogP contribution in [0.2, 0.25) is 0 Å². The number of aromatic nitrogens is 2. The summed E-state index contributed by atoms with van der Waals surface area (Å²) in [5.74, 6) is 0.886. The number of guanidine groups is 1. The molecular weight excluding hydrogens is 405 g/mol. The van der Waals surface area contributed by atoms with Gasteiger partial charge in [0.25, 0.3) is 0 Å². The van der Waals surface area contributed by atoms with Gasteiger partial charge in [-0.3, -0.25) is 9.67 Å². The van der Waals surface area contributed by atoms with Gasteiger partial charge in [-0.2, -0.15) is 5.10 Å². The first kappa shape index (κ1) is 22.2. The minimum atomic E-state index is 0. The van der Waals surface area contributed by atoms with Gasteiger partial charge in [0.1, 0.15) is 0 Å². The second-order valence-electron chi connectivity index (χ2n) is 5.13. The Bertz CT molecular complexity index is 384. The Hall–Kier alpha value is -0.830. The quantitative estimate of drug-likeness (QED) is 0.229. The number of halogens is 1. The van der Waals surface area contributed by atoms with Crippen LogP contribution in [-0.2, 0) is 11.3 Å². The molecule has 0 aliphatic rings. The fraction of sp³-hybridized carbons (Fsp3) is 0.750. The molecule has 1 aromatic rings. The molecule has 0 radical (unpaired) electrons. The Morgan fingerprint density at radius 2 is 2.00 bits per heavy atom. The molecule has 1 heterocycles. The number of hydrogen-bond donors (Lipinski definition) is 2. The molecule has 1 rings (SSSR count). The van der Waals surface area contributed by atoms with Crippen molar-refractivity contribution >= 4 is 29.9 Å². The van der Waals surface area contributed by atoms with Gasteiger partial charge < -0.3 is 15.4 Å². The topological polar surface area (TPSA) is 63.5 Å². The SMILES string of the molecule is CCCCOCCCNC(=NCCCn1cccn1)NCC.I. The van der Waals surface area contributed by atoms with E-state index < -0.39 is 0 Å². The average molecular weight is 437 g/mol. The van der Waals surface area contributed by atoms with E-state index in [2.05, 4.69) is 34.6 Å². The van der Waals surface area contributed by atoms with Crippen molar-refractivity contribution < 1.29 is 4.74 Å². The van der Waals surface area contributed by atoms with Gasteiger partial charge in [0.15, 0.2) is 5.96 Å². The number of nitrogens with one attached hydrogen (secondary N) is 2. The minimum absolute atomic E-state index is 0. The number of hydrogen-bond acceptors (Lipinski definition) is 3. The molecule has 0 fully saturated rings. The van der Waals surface area contributed by atoms with E-state index in [4.69, 9.17) is 4.74 Å². The zero-order chi connectivity index (χ0) is 15.9. The maximum absolute atomic E-state index is 5.55. The fourth-order valence-electron chi connectivity index (χ4n) is 1.93. The van der Waals surface area contributed by atoms with E-state index in [9.17, 15) is 0 Å². The van der Waals surface area contributed by atoms with Crippen molar-refractivity contribution in [3.63, 3.8) is 0 Å². The Balaban J connectivity index is 0.00000484. The van der Waals surface area contributed by atoms with Crippen LogP contribution < -0.4 is 10.6 Å². The summed E-state index contributed by atoms with van der Waals surface area (Å²) in [6, 6.07) is 1.94. The first-order valence-electron chi connectivity index (χ1n) is 8.44. The third kappa shape index (κ3) is 12.3. The molecule has 6 nitrogen and oxygen atoms in total. The molecule has 2 N–H and O–H groups in total. The summed E-state index contributed by atoms with van der Waals surface area (Å²) in [5.41, 5.74) is 0. The van der Waals surface area contributed by atoms with Crippen molar-refractivity contribution in [3.05, 3.63) is 18.5 Å². The molecule has 134 valence electrons. The van der Waals surface area contributed by atoms with Gasteiger partial charge in [-0.05, 0) is 32.3 Å². The molecule has 0 aliphatic heterocycles. The van der Waals surface area contributed by atoms with Crippen molar-refractivity contribution in [2.45, 2.75) is 46.1 Å². The van der Waals surface area contributed by atoms with Crippen LogP contribution in [0.5, 0.6) is 0 Å². The Morgan fingerprint density at radius 3 is 2.70 bits per heavy atom. The molecule has 0 saturated heterocycles. The molecule has 23 heavy (non-hydrogen) atoms. The molecule has 0 atom stereocenters. The van der Waals surface area contributed by atoms with Crippen LogP contribution >= 0.6 is 24.0 Å². The van der Waals surface area contributed by atoms with Gasteiger partial charge in [0.2, 0.25) is 0 Å². The van der Waals surface area contributed by atoms with Gasteiger partial charge in [0, 0.05) is 51.8 Å². The van der Waals surface area contributed by atoms with Gasteiger partial charge in [-0.15, -0.1) is 24.0 Å². The predicted octanol–water partition coefficient (Wildman–Crippen LogP) is 2.65. The molecule has 0 amide bonds. The highest BCUT2D eigenvalue weighted by molar-refractivity contribution is 14.0. The third-order valence-electron chi connectivity index (χ3n) is 3.12. The molecule has 7 heteroatoms. The maximum atomic E-state index is 5.55. The highest BCUT2D eigenvalue weighted by Crippen LogP contribution is 1.91. The summed E-state index contributed by atoms with van der Waals surface area (Å²) < 4.78 is 7.48. The highest BCUT2D eigenvalue weighted by Gasteiger charge is 1.97. The summed E-state index contributed by atoms with van der Waals surface area (Å²) in [6.07, 6.45) is 8.10. The lowest BCUT2D eigenvalue weighted by atomic mass is 10.4. The van der Waals surface area contributed by atoms with Gasteiger partial charge >= 0.3 is 0 Å². The van der Waals surface area contributed by atoms with Crippen LogP contribution in [-0.4, -0.2) is 48.6 Å². The van der Waals surface area contributed by atoms with E-state index in [1.165, 1.54) is 6.42 Å². The number of ether oxygens (including phenoxy) is 1. The lowest BCUT2D eigenvalue weighted by Crippen LogP contribution is -2.38. The smallest absolute Gasteiger partial charge is 0.191 e. The first-order valence-corrected chi connectivity index (χ1v) is 8.44. The van der Waals surface area contributed by atoms with Crippen LogP contribution in [0.1, 0.15) is 39.5 Å². The highest BCUT2D eigenvalue weighted by atomic mass is 127. The number of aryl methyl sites for hydroxylation is 1. The average Bonchev–Trinajstić information content (AvgIpc) is 3.03. The van der Waals surface area contributed by atoms with Crippen molar-refractivity contribution in [1.82, 2.24) is 20.4 Å². The van der Waals surface area contributed by atoms with Gasteiger partial charge in [-0.25, -0.2) is 0 Å². The summed E-state index contributed by atoms with van der Waals surface area (Å²) in [7, 11) is 0. The molecule has 0 aromatic carbocycles. The Morgan fingerprint density at radius 1 is 1.17 bits per heavy atom. The summed E-state index contributed by atoms with van der Waals surface area (Å²) >= 11 is 0. The van der Waals surface area contributed by atoms with E-state index in [1.807, 2.05) is 16.9 Å². The van der Waals surface area contributed by atoms with Crippen LogP contribution in [0.3, 0.4) is 0 Å². The standard InChI is InChI=1S/C16H31N5O.HI/c1-3-5-14-22-15-8-10-19-16(17-4-2)18-9-6-12-21-13-7-11-20-21;/h7,11,13H,3-6,8-10,12,14-15H2,1-2H3,(H2,17,18,19);1H. The largest absolute Gasteiger partial charge is 0.381 e. The fourth-order valence-corrected chi connectivity index (χ4v) is 1.93. The predicted molar refractivity (Wildman–Crippen MR) is 107 cm³/mol. The monoisotopic (exact) mass is 437 g/mol. The van der Waals surface area contributed by atoms with E-state index in [0.29, 0.717) is 0 Å². The lowest BCUT2D eigenvalue weighted by molar-refractivity contribution is 0.129. The van der Waals surface area contributed by atoms with Crippen LogP contribution in [0, 0.1) is 0 Å². The number of unbranched alkanes of at least 4 members (excludes halogenated alkanes) is 1. The molecule has 0 spiro atoms. The first-order chi connectivity index (χ1) is 10.9. The second kappa shape index (κ2) is 16.0. The zero-order valence-electron chi connectivity index (χ0n) is 14.5. The van der Waals surface area contributed by atoms with Crippen molar-refractivity contribution in [2.75, 3.05) is 32.8 Å². The van der Waals surface area contributed by atoms with E-state index in [0.717, 1.165) is 64.6 Å². The van der Waals surface area contributed by atoms with E-state index >= 15 is 0 Å². The Kier molecular flexibility index (Phi) is 15.5. The summed E-state index contributed by atoms with van der Waals surface area (Å²) in [5, 5.41) is 10.8. The third-order valence-corrected chi connectivity index (χ3v) is 3.12. The van der Waals surface area contributed by atoms with Crippen LogP contribution in [0.25, 0.3) is 0 Å². The lowest BCUT2D eigenvalue weighted by Gasteiger charge is -2.11. The second-order valence-corrected chi connectivity index (χ2v) is 5.13. The van der Waals surface area contributed by atoms with Gasteiger partial charge in [-0.1, -0.05) is 13.3 Å². The van der Waals surface area contributed by atoms with Gasteiger partial charge in [0.05, 0.1) is 0 Å². The normalized spacial score (nSPS) is 11.1. The number of nitrogens with zero attached hydrogens (tertiary/aromatic N) is 3. The van der Waals surface area contributed by atoms with E-state index in [-0.39, 0.29) is 24.0 Å². The van der Waals surface area contributed by atoms with Crippen LogP contribution in [0.4, 0.5) is 0 Å². The minimum Gasteiger partial charge on any atom is -0.381 e. The molecule has 0 saturated carbocycles.